The number of rotatable bonds is 6. The summed E-state index contributed by atoms with van der Waals surface area (Å²) in [6, 6.07) is 4.86. The fourth-order valence-electron chi connectivity index (χ4n) is 4.14. The van der Waals surface area contributed by atoms with Crippen LogP contribution in [0.25, 0.3) is 0 Å². The molecule has 2 aliphatic rings. The number of ether oxygens (including phenoxy) is 2. The minimum atomic E-state index is -3.11. The normalized spacial score (nSPS) is 21.4. The summed E-state index contributed by atoms with van der Waals surface area (Å²) in [5.41, 5.74) is 1.15. The molecule has 1 aliphatic heterocycles. The molecule has 154 valence electrons. The number of methoxy groups -OCH3 is 1. The topological polar surface area (TPSA) is 90.0 Å². The van der Waals surface area contributed by atoms with E-state index < -0.39 is 22.4 Å². The summed E-state index contributed by atoms with van der Waals surface area (Å²) in [5, 5.41) is 0. The fraction of sp³-hybridized carbons (Fsp3) is 0.600. The van der Waals surface area contributed by atoms with Gasteiger partial charge in [-0.1, -0.05) is 24.5 Å². The van der Waals surface area contributed by atoms with E-state index in [1.54, 1.807) is 17.0 Å². The molecule has 0 aromatic heterocycles. The zero-order chi connectivity index (χ0) is 20.3. The van der Waals surface area contributed by atoms with E-state index in [1.807, 2.05) is 13.0 Å². The molecule has 0 bridgehead atoms. The molecular weight excluding hydrogens is 382 g/mol. The molecular formula is C20H27NO6S. The van der Waals surface area contributed by atoms with Crippen molar-refractivity contribution in [2.45, 2.75) is 51.1 Å². The van der Waals surface area contributed by atoms with Crippen LogP contribution >= 0.6 is 0 Å². The molecule has 1 amide bonds. The third kappa shape index (κ3) is 4.66. The summed E-state index contributed by atoms with van der Waals surface area (Å²) >= 11 is 0. The number of carbonyl (C=O) groups excluding carboxylic acids is 2. The molecule has 1 saturated heterocycles. The van der Waals surface area contributed by atoms with Gasteiger partial charge in [0.05, 0.1) is 18.6 Å². The van der Waals surface area contributed by atoms with Crippen LogP contribution in [0, 0.1) is 6.92 Å². The van der Waals surface area contributed by atoms with Gasteiger partial charge < -0.3 is 14.4 Å². The Hall–Kier alpha value is -2.09. The molecule has 2 fully saturated rings. The Balaban J connectivity index is 1.70. The molecule has 1 heterocycles. The van der Waals surface area contributed by atoms with Crippen molar-refractivity contribution in [3.8, 4) is 5.75 Å². The number of sulfone groups is 1. The van der Waals surface area contributed by atoms with Gasteiger partial charge in [-0.15, -0.1) is 0 Å². The molecule has 1 aliphatic carbocycles. The van der Waals surface area contributed by atoms with Crippen LogP contribution in [0.2, 0.25) is 0 Å². The van der Waals surface area contributed by atoms with Crippen molar-refractivity contribution in [2.24, 2.45) is 0 Å². The lowest BCUT2D eigenvalue weighted by Crippen LogP contribution is -2.48. The van der Waals surface area contributed by atoms with Crippen LogP contribution in [0.5, 0.6) is 5.75 Å². The first-order valence-corrected chi connectivity index (χ1v) is 11.5. The van der Waals surface area contributed by atoms with Crippen molar-refractivity contribution in [3.63, 3.8) is 0 Å². The highest BCUT2D eigenvalue weighted by molar-refractivity contribution is 7.91. The van der Waals surface area contributed by atoms with Crippen LogP contribution in [0.1, 0.15) is 48.0 Å². The third-order valence-electron chi connectivity index (χ3n) is 5.51. The molecule has 1 aromatic rings. The minimum absolute atomic E-state index is 0.00507. The maximum atomic E-state index is 12.9. The van der Waals surface area contributed by atoms with Gasteiger partial charge in [-0.05, 0) is 38.3 Å². The molecule has 1 saturated carbocycles. The van der Waals surface area contributed by atoms with Gasteiger partial charge in [0, 0.05) is 12.1 Å². The average molecular weight is 410 g/mol. The van der Waals surface area contributed by atoms with Crippen molar-refractivity contribution >= 4 is 21.7 Å². The zero-order valence-electron chi connectivity index (χ0n) is 16.3. The van der Waals surface area contributed by atoms with Gasteiger partial charge in [-0.2, -0.15) is 0 Å². The van der Waals surface area contributed by atoms with E-state index in [4.69, 9.17) is 9.47 Å². The number of nitrogens with zero attached hydrogens (tertiary/aromatic N) is 1. The predicted molar refractivity (Wildman–Crippen MR) is 104 cm³/mol. The molecule has 3 rings (SSSR count). The smallest absolute Gasteiger partial charge is 0.342 e. The number of hydrogen-bond acceptors (Lipinski definition) is 6. The lowest BCUT2D eigenvalue weighted by atomic mass is 10.1. The first kappa shape index (κ1) is 20.6. The Labute approximate surface area is 165 Å². The highest BCUT2D eigenvalue weighted by atomic mass is 32.2. The molecule has 0 radical (unpaired) electrons. The van der Waals surface area contributed by atoms with E-state index in [0.717, 1.165) is 31.2 Å². The summed E-state index contributed by atoms with van der Waals surface area (Å²) in [6.07, 6.45) is 4.22. The fourth-order valence-corrected chi connectivity index (χ4v) is 5.85. The van der Waals surface area contributed by atoms with Gasteiger partial charge in [0.15, 0.2) is 16.4 Å². The number of esters is 1. The Morgan fingerprint density at radius 3 is 2.46 bits per heavy atom. The molecule has 28 heavy (non-hydrogen) atoms. The van der Waals surface area contributed by atoms with Crippen molar-refractivity contribution in [3.05, 3.63) is 29.3 Å². The number of benzene rings is 1. The first-order chi connectivity index (χ1) is 13.3. The van der Waals surface area contributed by atoms with E-state index >= 15 is 0 Å². The third-order valence-corrected chi connectivity index (χ3v) is 7.26. The number of aryl methyl sites for hydroxylation is 1. The molecule has 8 heteroatoms. The highest BCUT2D eigenvalue weighted by Gasteiger charge is 2.39. The lowest BCUT2D eigenvalue weighted by Gasteiger charge is -2.33. The van der Waals surface area contributed by atoms with Crippen LogP contribution in [0.15, 0.2) is 18.2 Å². The Morgan fingerprint density at radius 2 is 1.86 bits per heavy atom. The summed E-state index contributed by atoms with van der Waals surface area (Å²) in [4.78, 5) is 27.1. The van der Waals surface area contributed by atoms with Gasteiger partial charge in [0.1, 0.15) is 11.3 Å². The van der Waals surface area contributed by atoms with Crippen molar-refractivity contribution < 1.29 is 27.5 Å². The summed E-state index contributed by atoms with van der Waals surface area (Å²) in [7, 11) is -1.64. The number of carbonyl (C=O) groups is 2. The van der Waals surface area contributed by atoms with Crippen LogP contribution in [-0.4, -0.2) is 62.5 Å². The predicted octanol–water partition coefficient (Wildman–Crippen LogP) is 2.12. The zero-order valence-corrected chi connectivity index (χ0v) is 17.2. The standard InChI is InChI=1S/C20H27NO6S/c1-14-7-8-18(26-2)17(11-14)20(23)27-12-19(22)21(15-5-3-4-6-15)16-9-10-28(24,25)13-16/h7-8,11,15-16H,3-6,9-10,12-13H2,1-2H3/t16-/m0/s1. The van der Waals surface area contributed by atoms with E-state index in [0.29, 0.717) is 12.2 Å². The minimum Gasteiger partial charge on any atom is -0.496 e. The maximum Gasteiger partial charge on any atom is 0.342 e. The molecule has 0 unspecified atom stereocenters. The van der Waals surface area contributed by atoms with Gasteiger partial charge in [-0.25, -0.2) is 13.2 Å². The van der Waals surface area contributed by atoms with Crippen LogP contribution in [0.3, 0.4) is 0 Å². The monoisotopic (exact) mass is 409 g/mol. The van der Waals surface area contributed by atoms with Crippen LogP contribution in [0.4, 0.5) is 0 Å². The van der Waals surface area contributed by atoms with Crippen molar-refractivity contribution in [1.82, 2.24) is 4.90 Å². The SMILES string of the molecule is COc1ccc(C)cc1C(=O)OCC(=O)N(C1CCCC1)[C@H]1CCS(=O)(=O)C1. The first-order valence-electron chi connectivity index (χ1n) is 9.64. The van der Waals surface area contributed by atoms with E-state index in [9.17, 15) is 18.0 Å². The number of hydrogen-bond donors (Lipinski definition) is 0. The van der Waals surface area contributed by atoms with Crippen molar-refractivity contribution in [1.29, 1.82) is 0 Å². The lowest BCUT2D eigenvalue weighted by molar-refractivity contribution is -0.139. The second-order valence-electron chi connectivity index (χ2n) is 7.58. The largest absolute Gasteiger partial charge is 0.496 e. The summed E-state index contributed by atoms with van der Waals surface area (Å²) < 4.78 is 34.3. The van der Waals surface area contributed by atoms with Gasteiger partial charge >= 0.3 is 5.97 Å². The molecule has 0 spiro atoms. The van der Waals surface area contributed by atoms with Gasteiger partial charge in [0.2, 0.25) is 0 Å². The molecule has 0 N–H and O–H groups in total. The molecule has 1 atom stereocenters. The Bertz CT molecular complexity index is 844. The van der Waals surface area contributed by atoms with E-state index in [-0.39, 0.29) is 35.1 Å². The molecule has 7 nitrogen and oxygen atoms in total. The van der Waals surface area contributed by atoms with Gasteiger partial charge in [0.25, 0.3) is 5.91 Å². The quantitative estimate of drug-likeness (QED) is 0.669. The number of amides is 1. The van der Waals surface area contributed by atoms with Crippen molar-refractivity contribution in [2.75, 3.05) is 25.2 Å². The van der Waals surface area contributed by atoms with Gasteiger partial charge in [-0.3, -0.25) is 4.79 Å². The average Bonchev–Trinajstić information content (AvgIpc) is 3.30. The second kappa shape index (κ2) is 8.51. The maximum absolute atomic E-state index is 12.9. The van der Waals surface area contributed by atoms with Crippen LogP contribution in [-0.2, 0) is 19.4 Å². The van der Waals surface area contributed by atoms with Crippen LogP contribution < -0.4 is 4.74 Å². The highest BCUT2D eigenvalue weighted by Crippen LogP contribution is 2.29. The Kier molecular flexibility index (Phi) is 6.27. The Morgan fingerprint density at radius 1 is 1.14 bits per heavy atom. The summed E-state index contributed by atoms with van der Waals surface area (Å²) in [6.45, 7) is 1.45. The van der Waals surface area contributed by atoms with E-state index in [1.165, 1.54) is 7.11 Å². The second-order valence-corrected chi connectivity index (χ2v) is 9.80. The van der Waals surface area contributed by atoms with E-state index in [2.05, 4.69) is 0 Å². The summed E-state index contributed by atoms with van der Waals surface area (Å²) in [5.74, 6) is -0.463. The molecule has 1 aromatic carbocycles.